The van der Waals surface area contributed by atoms with E-state index in [1.165, 1.54) is 0 Å². The summed E-state index contributed by atoms with van der Waals surface area (Å²) in [4.78, 5) is 31.3. The number of rotatable bonds is 10. The number of aryl methyl sites for hydroxylation is 1. The standard InChI is InChI=1S/C31H39N7O3/c1-4-12-31(13-5-6-15-38(28(31)39)16-14-36-29(33)40)24-8-7-9-25(17-24)41-26-18-23(11-10-22(26)19-32)30(2,34)27-20-35-21-37(27)3/h7-11,17-18,20-21H,4-6,12-16,34H2,1-3H3,(H3,33,36,40). The first-order valence-electron chi connectivity index (χ1n) is 14.0. The van der Waals surface area contributed by atoms with Crippen LogP contribution in [0.1, 0.15) is 68.3 Å². The SMILES string of the molecule is CCCC1(c2cccc(Oc3cc(C(C)(N)c4cncn4C)ccc3C#N)c2)CCCCN(CCNC(N)=O)C1=O. The van der Waals surface area contributed by atoms with Crippen LogP contribution in [0.2, 0.25) is 0 Å². The third kappa shape index (κ3) is 6.20. The van der Waals surface area contributed by atoms with Crippen LogP contribution >= 0.6 is 0 Å². The highest BCUT2D eigenvalue weighted by molar-refractivity contribution is 5.89. The van der Waals surface area contributed by atoms with Crippen molar-refractivity contribution in [2.75, 3.05) is 19.6 Å². The molecule has 0 aliphatic carbocycles. The minimum Gasteiger partial charge on any atom is -0.456 e. The summed E-state index contributed by atoms with van der Waals surface area (Å²) in [5.74, 6) is 0.969. The third-order valence-electron chi connectivity index (χ3n) is 8.00. The molecule has 2 unspecified atom stereocenters. The van der Waals surface area contributed by atoms with Gasteiger partial charge in [-0.05, 0) is 61.6 Å². The van der Waals surface area contributed by atoms with Crippen LogP contribution in [0.4, 0.5) is 4.79 Å². The van der Waals surface area contributed by atoms with Gasteiger partial charge in [-0.3, -0.25) is 4.79 Å². The molecule has 0 radical (unpaired) electrons. The fourth-order valence-electron chi connectivity index (χ4n) is 5.85. The highest BCUT2D eigenvalue weighted by Crippen LogP contribution is 2.41. The van der Waals surface area contributed by atoms with E-state index in [4.69, 9.17) is 16.2 Å². The number of nitrogens with zero attached hydrogens (tertiary/aromatic N) is 4. The molecule has 10 nitrogen and oxygen atoms in total. The van der Waals surface area contributed by atoms with Crippen molar-refractivity contribution in [3.63, 3.8) is 0 Å². The van der Waals surface area contributed by atoms with Crippen LogP contribution in [-0.4, -0.2) is 46.0 Å². The maximum Gasteiger partial charge on any atom is 0.312 e. The lowest BCUT2D eigenvalue weighted by Crippen LogP contribution is -2.48. The van der Waals surface area contributed by atoms with Gasteiger partial charge in [0.15, 0.2) is 0 Å². The van der Waals surface area contributed by atoms with Crippen LogP contribution in [0.3, 0.4) is 0 Å². The van der Waals surface area contributed by atoms with E-state index in [1.54, 1.807) is 24.7 Å². The molecule has 1 saturated heterocycles. The van der Waals surface area contributed by atoms with Crippen LogP contribution in [0, 0.1) is 11.3 Å². The van der Waals surface area contributed by atoms with Crippen molar-refractivity contribution in [3.8, 4) is 17.6 Å². The molecule has 1 aliphatic heterocycles. The van der Waals surface area contributed by atoms with Crippen LogP contribution < -0.4 is 21.5 Å². The molecule has 0 spiro atoms. The van der Waals surface area contributed by atoms with Crippen LogP contribution in [0.5, 0.6) is 11.5 Å². The Balaban J connectivity index is 1.68. The number of benzene rings is 2. The number of hydrogen-bond acceptors (Lipinski definition) is 6. The topological polar surface area (TPSA) is 152 Å². The number of hydrogen-bond donors (Lipinski definition) is 3. The molecule has 3 amide bonds. The minimum absolute atomic E-state index is 0.0510. The van der Waals surface area contributed by atoms with Crippen LogP contribution in [0.25, 0.3) is 0 Å². The zero-order valence-corrected chi connectivity index (χ0v) is 24.0. The van der Waals surface area contributed by atoms with Crippen LogP contribution in [0.15, 0.2) is 55.0 Å². The first kappa shape index (κ1) is 29.6. The quantitative estimate of drug-likeness (QED) is 0.342. The van der Waals surface area contributed by atoms with Crippen molar-refractivity contribution in [1.82, 2.24) is 19.8 Å². The Morgan fingerprint density at radius 3 is 2.76 bits per heavy atom. The van der Waals surface area contributed by atoms with E-state index in [-0.39, 0.29) is 5.91 Å². The predicted octanol–water partition coefficient (Wildman–Crippen LogP) is 4.02. The maximum atomic E-state index is 14.1. The molecule has 10 heteroatoms. The lowest BCUT2D eigenvalue weighted by Gasteiger charge is -2.36. The van der Waals surface area contributed by atoms with E-state index >= 15 is 0 Å². The van der Waals surface area contributed by atoms with E-state index in [0.29, 0.717) is 43.1 Å². The zero-order chi connectivity index (χ0) is 29.6. The molecule has 3 aromatic rings. The molecule has 2 atom stereocenters. The number of nitriles is 1. The Hall–Kier alpha value is -4.36. The van der Waals surface area contributed by atoms with Crippen molar-refractivity contribution in [2.45, 2.75) is 56.9 Å². The normalized spacial score (nSPS) is 18.7. The maximum absolute atomic E-state index is 14.1. The number of amides is 3. The van der Waals surface area contributed by atoms with Crippen molar-refractivity contribution in [3.05, 3.63) is 77.4 Å². The summed E-state index contributed by atoms with van der Waals surface area (Å²) in [6.07, 6.45) is 7.45. The van der Waals surface area contributed by atoms with Gasteiger partial charge in [0.2, 0.25) is 5.91 Å². The fourth-order valence-corrected chi connectivity index (χ4v) is 5.85. The summed E-state index contributed by atoms with van der Waals surface area (Å²) in [5.41, 5.74) is 13.2. The average Bonchev–Trinajstić information content (AvgIpc) is 3.33. The number of nitrogens with two attached hydrogens (primary N) is 2. The van der Waals surface area contributed by atoms with E-state index in [1.807, 2.05) is 53.8 Å². The summed E-state index contributed by atoms with van der Waals surface area (Å²) in [6.45, 7) is 5.31. The van der Waals surface area contributed by atoms with Gasteiger partial charge in [-0.1, -0.05) is 38.0 Å². The van der Waals surface area contributed by atoms with Crippen molar-refractivity contribution in [2.24, 2.45) is 18.5 Å². The molecular formula is C31H39N7O3. The van der Waals surface area contributed by atoms with Crippen molar-refractivity contribution in [1.29, 1.82) is 5.26 Å². The number of aromatic nitrogens is 2. The van der Waals surface area contributed by atoms with Gasteiger partial charge in [0, 0.05) is 26.7 Å². The lowest BCUT2D eigenvalue weighted by atomic mass is 9.72. The summed E-state index contributed by atoms with van der Waals surface area (Å²) in [5, 5.41) is 12.4. The van der Waals surface area contributed by atoms with E-state index < -0.39 is 17.0 Å². The lowest BCUT2D eigenvalue weighted by molar-refractivity contribution is -0.137. The Morgan fingerprint density at radius 1 is 1.27 bits per heavy atom. The Bertz CT molecular complexity index is 1440. The molecule has 216 valence electrons. The summed E-state index contributed by atoms with van der Waals surface area (Å²) in [6, 6.07) is 14.6. The van der Waals surface area contributed by atoms with E-state index in [9.17, 15) is 14.9 Å². The second-order valence-corrected chi connectivity index (χ2v) is 10.9. The van der Waals surface area contributed by atoms with Gasteiger partial charge >= 0.3 is 6.03 Å². The zero-order valence-electron chi connectivity index (χ0n) is 24.0. The van der Waals surface area contributed by atoms with E-state index in [2.05, 4.69) is 23.3 Å². The Kier molecular flexibility index (Phi) is 8.98. The number of nitrogens with one attached hydrogen (secondary N) is 1. The molecule has 1 aliphatic rings. The second-order valence-electron chi connectivity index (χ2n) is 10.9. The molecule has 0 saturated carbocycles. The average molecular weight is 558 g/mol. The largest absolute Gasteiger partial charge is 0.456 e. The molecule has 1 fully saturated rings. The molecule has 0 bridgehead atoms. The van der Waals surface area contributed by atoms with Gasteiger partial charge in [0.25, 0.3) is 0 Å². The molecule has 2 heterocycles. The molecule has 4 rings (SSSR count). The number of urea groups is 1. The number of ether oxygens (including phenoxy) is 1. The highest BCUT2D eigenvalue weighted by Gasteiger charge is 2.43. The molecule has 1 aromatic heterocycles. The van der Waals surface area contributed by atoms with Gasteiger partial charge in [0.1, 0.15) is 17.6 Å². The smallest absolute Gasteiger partial charge is 0.312 e. The van der Waals surface area contributed by atoms with Gasteiger partial charge in [0.05, 0.1) is 34.7 Å². The summed E-state index contributed by atoms with van der Waals surface area (Å²) >= 11 is 0. The highest BCUT2D eigenvalue weighted by atomic mass is 16.5. The van der Waals surface area contributed by atoms with Gasteiger partial charge in [-0.15, -0.1) is 0 Å². The second kappa shape index (κ2) is 12.4. The summed E-state index contributed by atoms with van der Waals surface area (Å²) < 4.78 is 8.20. The minimum atomic E-state index is -0.871. The summed E-state index contributed by atoms with van der Waals surface area (Å²) in [7, 11) is 1.89. The molecular weight excluding hydrogens is 518 g/mol. The number of carbonyl (C=O) groups excluding carboxylic acids is 2. The fraction of sp³-hybridized carbons (Fsp3) is 0.419. The predicted molar refractivity (Wildman–Crippen MR) is 156 cm³/mol. The monoisotopic (exact) mass is 557 g/mol. The number of imidazole rings is 1. The van der Waals surface area contributed by atoms with Gasteiger partial charge in [-0.25, -0.2) is 9.78 Å². The van der Waals surface area contributed by atoms with Gasteiger partial charge < -0.3 is 31.0 Å². The molecule has 2 aromatic carbocycles. The Labute approximate surface area is 241 Å². The van der Waals surface area contributed by atoms with E-state index in [0.717, 1.165) is 42.5 Å². The molecule has 41 heavy (non-hydrogen) atoms. The van der Waals surface area contributed by atoms with Crippen molar-refractivity contribution < 1.29 is 14.3 Å². The Morgan fingerprint density at radius 2 is 2.07 bits per heavy atom. The third-order valence-corrected chi connectivity index (χ3v) is 8.00. The van der Waals surface area contributed by atoms with Crippen LogP contribution in [-0.2, 0) is 22.8 Å². The molecule has 5 N–H and O–H groups in total. The van der Waals surface area contributed by atoms with Crippen molar-refractivity contribution >= 4 is 11.9 Å². The number of carbonyl (C=O) groups is 2. The number of primary amides is 1. The first-order valence-corrected chi connectivity index (χ1v) is 14.0. The number of likely N-dealkylation sites (tertiary alicyclic amines) is 1. The van der Waals surface area contributed by atoms with Gasteiger partial charge in [-0.2, -0.15) is 5.26 Å². The first-order chi connectivity index (χ1) is 19.6.